The molecule has 5 nitrogen and oxygen atoms in total. The number of hydrogen-bond acceptors (Lipinski definition) is 3. The maximum absolute atomic E-state index is 13.1. The van der Waals surface area contributed by atoms with Gasteiger partial charge in [-0.3, -0.25) is 14.5 Å². The van der Waals surface area contributed by atoms with E-state index in [1.54, 1.807) is 0 Å². The number of carbonyl (C=O) groups excluding carboxylic acids is 2. The molecule has 0 unspecified atom stereocenters. The lowest BCUT2D eigenvalue weighted by molar-refractivity contribution is -0.146. The summed E-state index contributed by atoms with van der Waals surface area (Å²) in [7, 11) is 0. The number of carbonyl (C=O) groups is 2. The van der Waals surface area contributed by atoms with Gasteiger partial charge in [-0.2, -0.15) is 0 Å². The second kappa shape index (κ2) is 7.87. The van der Waals surface area contributed by atoms with Crippen molar-refractivity contribution in [2.75, 3.05) is 45.8 Å². The minimum Gasteiger partial charge on any atom is -0.342 e. The van der Waals surface area contributed by atoms with Gasteiger partial charge in [-0.1, -0.05) is 19.3 Å². The Hall–Kier alpha value is -1.10. The first-order chi connectivity index (χ1) is 12.7. The second-order valence-corrected chi connectivity index (χ2v) is 9.19. The van der Waals surface area contributed by atoms with Crippen molar-refractivity contribution in [3.05, 3.63) is 0 Å². The molecule has 1 saturated carbocycles. The zero-order valence-electron chi connectivity index (χ0n) is 16.3. The van der Waals surface area contributed by atoms with E-state index in [1.807, 2.05) is 4.90 Å². The molecule has 0 N–H and O–H groups in total. The summed E-state index contributed by atoms with van der Waals surface area (Å²) in [5, 5.41) is 0. The highest BCUT2D eigenvalue weighted by atomic mass is 16.2. The molecule has 3 heterocycles. The van der Waals surface area contributed by atoms with Crippen molar-refractivity contribution in [1.82, 2.24) is 14.7 Å². The Morgan fingerprint density at radius 3 is 2.38 bits per heavy atom. The van der Waals surface area contributed by atoms with Gasteiger partial charge in [0, 0.05) is 26.2 Å². The molecular weight excluding hydrogens is 326 g/mol. The van der Waals surface area contributed by atoms with Crippen molar-refractivity contribution in [3.8, 4) is 0 Å². The maximum Gasteiger partial charge on any atom is 0.236 e. The van der Waals surface area contributed by atoms with E-state index in [4.69, 9.17) is 0 Å². The minimum atomic E-state index is -0.265. The summed E-state index contributed by atoms with van der Waals surface area (Å²) in [5.41, 5.74) is -0.265. The SMILES string of the molecule is O=C(CN1CCCCCCC1)N1CC[C@]2(CCCN(CC3CC3)C2=O)C1. The third-order valence-corrected chi connectivity index (χ3v) is 7.01. The number of rotatable bonds is 4. The monoisotopic (exact) mass is 361 g/mol. The average Bonchev–Trinajstić information content (AvgIpc) is 3.32. The van der Waals surface area contributed by atoms with Crippen molar-refractivity contribution in [3.63, 3.8) is 0 Å². The van der Waals surface area contributed by atoms with E-state index in [1.165, 1.54) is 44.9 Å². The Bertz CT molecular complexity index is 525. The van der Waals surface area contributed by atoms with Crippen LogP contribution in [0.5, 0.6) is 0 Å². The van der Waals surface area contributed by atoms with Crippen LogP contribution in [-0.4, -0.2) is 72.3 Å². The van der Waals surface area contributed by atoms with Crippen molar-refractivity contribution >= 4 is 11.8 Å². The van der Waals surface area contributed by atoms with Crippen LogP contribution in [0.15, 0.2) is 0 Å². The lowest BCUT2D eigenvalue weighted by Gasteiger charge is -2.39. The Balaban J connectivity index is 1.33. The number of likely N-dealkylation sites (tertiary alicyclic amines) is 3. The molecule has 3 aliphatic heterocycles. The number of nitrogens with zero attached hydrogens (tertiary/aromatic N) is 3. The Morgan fingerprint density at radius 2 is 1.65 bits per heavy atom. The summed E-state index contributed by atoms with van der Waals surface area (Å²) in [6.45, 7) is 5.99. The van der Waals surface area contributed by atoms with E-state index in [-0.39, 0.29) is 11.3 Å². The van der Waals surface area contributed by atoms with Crippen LogP contribution in [-0.2, 0) is 9.59 Å². The van der Waals surface area contributed by atoms with E-state index in [2.05, 4.69) is 9.80 Å². The van der Waals surface area contributed by atoms with E-state index in [0.29, 0.717) is 19.0 Å². The first kappa shape index (κ1) is 18.3. The van der Waals surface area contributed by atoms with Crippen LogP contribution in [0.3, 0.4) is 0 Å². The smallest absolute Gasteiger partial charge is 0.236 e. The Kier molecular flexibility index (Phi) is 5.53. The van der Waals surface area contributed by atoms with E-state index < -0.39 is 0 Å². The largest absolute Gasteiger partial charge is 0.342 e. The minimum absolute atomic E-state index is 0.245. The second-order valence-electron chi connectivity index (χ2n) is 9.19. The predicted molar refractivity (Wildman–Crippen MR) is 102 cm³/mol. The van der Waals surface area contributed by atoms with Crippen LogP contribution in [0.25, 0.3) is 0 Å². The van der Waals surface area contributed by atoms with E-state index in [0.717, 1.165) is 57.9 Å². The summed E-state index contributed by atoms with van der Waals surface area (Å²) < 4.78 is 0. The van der Waals surface area contributed by atoms with E-state index >= 15 is 0 Å². The highest BCUT2D eigenvalue weighted by molar-refractivity contribution is 5.86. The first-order valence-corrected chi connectivity index (χ1v) is 11.0. The van der Waals surface area contributed by atoms with Gasteiger partial charge in [0.2, 0.25) is 11.8 Å². The van der Waals surface area contributed by atoms with Crippen LogP contribution in [0, 0.1) is 11.3 Å². The molecule has 4 fully saturated rings. The molecule has 0 bridgehead atoms. The summed E-state index contributed by atoms with van der Waals surface area (Å²) >= 11 is 0. The molecule has 4 aliphatic rings. The van der Waals surface area contributed by atoms with Gasteiger partial charge < -0.3 is 9.80 Å². The van der Waals surface area contributed by atoms with Crippen LogP contribution in [0.2, 0.25) is 0 Å². The third kappa shape index (κ3) is 4.08. The molecule has 1 atom stereocenters. The quantitative estimate of drug-likeness (QED) is 0.773. The van der Waals surface area contributed by atoms with Gasteiger partial charge in [0.05, 0.1) is 12.0 Å². The molecular formula is C21H35N3O2. The molecule has 0 aromatic rings. The van der Waals surface area contributed by atoms with Gasteiger partial charge >= 0.3 is 0 Å². The molecule has 0 aromatic carbocycles. The van der Waals surface area contributed by atoms with Crippen molar-refractivity contribution < 1.29 is 9.59 Å². The van der Waals surface area contributed by atoms with Gasteiger partial charge in [-0.25, -0.2) is 0 Å². The van der Waals surface area contributed by atoms with Gasteiger partial charge in [-0.05, 0) is 64.0 Å². The molecule has 146 valence electrons. The fourth-order valence-electron chi connectivity index (χ4n) is 5.16. The zero-order valence-corrected chi connectivity index (χ0v) is 16.3. The van der Waals surface area contributed by atoms with Gasteiger partial charge in [0.25, 0.3) is 0 Å². The third-order valence-electron chi connectivity index (χ3n) is 7.01. The molecule has 26 heavy (non-hydrogen) atoms. The van der Waals surface area contributed by atoms with Gasteiger partial charge in [0.15, 0.2) is 0 Å². The molecule has 1 spiro atoms. The molecule has 3 saturated heterocycles. The first-order valence-electron chi connectivity index (χ1n) is 11.0. The lowest BCUT2D eigenvalue weighted by Crippen LogP contribution is -2.51. The summed E-state index contributed by atoms with van der Waals surface area (Å²) in [4.78, 5) is 32.5. The molecule has 0 aromatic heterocycles. The summed E-state index contributed by atoms with van der Waals surface area (Å²) in [5.74, 6) is 1.34. The number of hydrogen-bond donors (Lipinski definition) is 0. The molecule has 1 aliphatic carbocycles. The summed E-state index contributed by atoms with van der Waals surface area (Å²) in [6.07, 6.45) is 11.9. The fraction of sp³-hybridized carbons (Fsp3) is 0.905. The topological polar surface area (TPSA) is 43.9 Å². The fourth-order valence-corrected chi connectivity index (χ4v) is 5.16. The van der Waals surface area contributed by atoms with Gasteiger partial charge in [0.1, 0.15) is 0 Å². The van der Waals surface area contributed by atoms with Crippen LogP contribution < -0.4 is 0 Å². The molecule has 4 rings (SSSR count). The zero-order chi connectivity index (χ0) is 18.0. The predicted octanol–water partition coefficient (Wildman–Crippen LogP) is 2.50. The van der Waals surface area contributed by atoms with Crippen LogP contribution in [0.1, 0.15) is 64.2 Å². The maximum atomic E-state index is 13.1. The van der Waals surface area contributed by atoms with Crippen molar-refractivity contribution in [2.45, 2.75) is 64.2 Å². The highest BCUT2D eigenvalue weighted by Gasteiger charge is 2.49. The Morgan fingerprint density at radius 1 is 0.923 bits per heavy atom. The van der Waals surface area contributed by atoms with Crippen LogP contribution in [0.4, 0.5) is 0 Å². The Labute approximate surface area is 158 Å². The normalized spacial score (nSPS) is 31.3. The van der Waals surface area contributed by atoms with Crippen molar-refractivity contribution in [2.24, 2.45) is 11.3 Å². The van der Waals surface area contributed by atoms with Crippen LogP contribution >= 0.6 is 0 Å². The standard InChI is InChI=1S/C21H35N3O2/c25-19(16-22-11-4-2-1-3-5-12-22)24-14-10-21(17-24)9-6-13-23(20(21)26)15-18-7-8-18/h18H,1-17H2/t21-/m1/s1. The number of piperidine rings is 1. The van der Waals surface area contributed by atoms with Gasteiger partial charge in [-0.15, -0.1) is 0 Å². The van der Waals surface area contributed by atoms with E-state index in [9.17, 15) is 9.59 Å². The summed E-state index contributed by atoms with van der Waals surface area (Å²) in [6, 6.07) is 0. The highest BCUT2D eigenvalue weighted by Crippen LogP contribution is 2.41. The number of amides is 2. The van der Waals surface area contributed by atoms with Crippen molar-refractivity contribution in [1.29, 1.82) is 0 Å². The average molecular weight is 362 g/mol. The lowest BCUT2D eigenvalue weighted by atomic mass is 9.78. The molecule has 0 radical (unpaired) electrons. The molecule has 5 heteroatoms. The molecule has 2 amide bonds.